The number of nitrogens with one attached hydrogen (secondary N) is 1. The highest BCUT2D eigenvalue weighted by Gasteiger charge is 2.27. The molecule has 3 unspecified atom stereocenters. The summed E-state index contributed by atoms with van der Waals surface area (Å²) in [5, 5.41) is 3.70. The fourth-order valence-corrected chi connectivity index (χ4v) is 2.87. The van der Waals surface area contributed by atoms with E-state index < -0.39 is 0 Å². The molecule has 17 heavy (non-hydrogen) atoms. The Morgan fingerprint density at radius 2 is 1.94 bits per heavy atom. The monoisotopic (exact) mass is 240 g/mol. The Hall–Kier alpha value is -0.0800. The van der Waals surface area contributed by atoms with Crippen molar-refractivity contribution in [2.75, 3.05) is 13.6 Å². The molecule has 1 saturated carbocycles. The van der Waals surface area contributed by atoms with Gasteiger partial charge in [0.15, 0.2) is 0 Å². The molecule has 3 atom stereocenters. The molecule has 1 aliphatic carbocycles. The van der Waals surface area contributed by atoms with E-state index in [4.69, 9.17) is 0 Å². The Balaban J connectivity index is 2.42. The van der Waals surface area contributed by atoms with E-state index in [0.29, 0.717) is 6.04 Å². The molecule has 1 fully saturated rings. The molecule has 2 heteroatoms. The zero-order valence-corrected chi connectivity index (χ0v) is 12.5. The molecule has 0 amide bonds. The summed E-state index contributed by atoms with van der Waals surface area (Å²) in [6, 6.07) is 2.25. The quantitative estimate of drug-likeness (QED) is 0.766. The summed E-state index contributed by atoms with van der Waals surface area (Å²) in [4.78, 5) is 2.62. The molecule has 0 heterocycles. The van der Waals surface area contributed by atoms with Gasteiger partial charge in [0.05, 0.1) is 0 Å². The van der Waals surface area contributed by atoms with Crippen molar-refractivity contribution in [3.8, 4) is 0 Å². The average Bonchev–Trinajstić information content (AvgIpc) is 2.34. The fourth-order valence-electron chi connectivity index (χ4n) is 2.87. The topological polar surface area (TPSA) is 15.3 Å². The Bertz CT molecular complexity index is 203. The van der Waals surface area contributed by atoms with Gasteiger partial charge in [-0.25, -0.2) is 0 Å². The Kier molecular flexibility index (Phi) is 6.50. The summed E-state index contributed by atoms with van der Waals surface area (Å²) < 4.78 is 0. The maximum Gasteiger partial charge on any atom is 0.0110 e. The van der Waals surface area contributed by atoms with E-state index in [1.807, 2.05) is 0 Å². The lowest BCUT2D eigenvalue weighted by Gasteiger charge is -2.40. The number of hydrogen-bond donors (Lipinski definition) is 1. The SMILES string of the molecule is CCCNC1CCCC(N(C)C(C)C(C)C)C1. The van der Waals surface area contributed by atoms with Gasteiger partial charge >= 0.3 is 0 Å². The lowest BCUT2D eigenvalue weighted by atomic mass is 9.88. The normalized spacial score (nSPS) is 27.7. The van der Waals surface area contributed by atoms with Gasteiger partial charge < -0.3 is 10.2 Å². The van der Waals surface area contributed by atoms with Crippen molar-refractivity contribution < 1.29 is 0 Å². The molecular formula is C15H32N2. The third-order valence-corrected chi connectivity index (χ3v) is 4.51. The van der Waals surface area contributed by atoms with Crippen LogP contribution in [0.1, 0.15) is 59.8 Å². The van der Waals surface area contributed by atoms with Crippen molar-refractivity contribution in [1.82, 2.24) is 10.2 Å². The minimum absolute atomic E-state index is 0.699. The summed E-state index contributed by atoms with van der Waals surface area (Å²) >= 11 is 0. The molecule has 0 aromatic heterocycles. The lowest BCUT2D eigenvalue weighted by Crippen LogP contribution is -2.47. The van der Waals surface area contributed by atoms with Crippen LogP contribution < -0.4 is 5.32 Å². The highest BCUT2D eigenvalue weighted by molar-refractivity contribution is 4.85. The molecule has 0 aromatic carbocycles. The molecule has 1 N–H and O–H groups in total. The second-order valence-corrected chi connectivity index (χ2v) is 6.12. The largest absolute Gasteiger partial charge is 0.314 e. The molecule has 0 spiro atoms. The van der Waals surface area contributed by atoms with Gasteiger partial charge in [-0.15, -0.1) is 0 Å². The van der Waals surface area contributed by atoms with E-state index in [0.717, 1.165) is 18.0 Å². The van der Waals surface area contributed by atoms with Crippen LogP contribution in [0.2, 0.25) is 0 Å². The third kappa shape index (κ3) is 4.59. The van der Waals surface area contributed by atoms with Crippen LogP contribution in [0.15, 0.2) is 0 Å². The molecule has 0 radical (unpaired) electrons. The lowest BCUT2D eigenvalue weighted by molar-refractivity contribution is 0.107. The fraction of sp³-hybridized carbons (Fsp3) is 1.00. The summed E-state index contributed by atoms with van der Waals surface area (Å²) in [6.07, 6.45) is 6.74. The highest BCUT2D eigenvalue weighted by atomic mass is 15.2. The van der Waals surface area contributed by atoms with Gasteiger partial charge in [-0.1, -0.05) is 27.2 Å². The van der Waals surface area contributed by atoms with E-state index in [2.05, 4.69) is 45.0 Å². The van der Waals surface area contributed by atoms with Crippen molar-refractivity contribution in [2.24, 2.45) is 5.92 Å². The van der Waals surface area contributed by atoms with Gasteiger partial charge in [0.2, 0.25) is 0 Å². The van der Waals surface area contributed by atoms with Gasteiger partial charge in [0.1, 0.15) is 0 Å². The first-order chi connectivity index (χ1) is 8.06. The zero-order chi connectivity index (χ0) is 12.8. The van der Waals surface area contributed by atoms with Crippen LogP contribution in [0.4, 0.5) is 0 Å². The zero-order valence-electron chi connectivity index (χ0n) is 12.5. The standard InChI is InChI=1S/C15H32N2/c1-6-10-16-14-8-7-9-15(11-14)17(5)13(4)12(2)3/h12-16H,6-11H2,1-5H3. The van der Waals surface area contributed by atoms with Crippen molar-refractivity contribution in [2.45, 2.75) is 77.9 Å². The first-order valence-electron chi connectivity index (χ1n) is 7.51. The third-order valence-electron chi connectivity index (χ3n) is 4.51. The molecule has 0 aromatic rings. The summed E-state index contributed by atoms with van der Waals surface area (Å²) in [5.41, 5.74) is 0. The van der Waals surface area contributed by atoms with E-state index >= 15 is 0 Å². The van der Waals surface area contributed by atoms with Gasteiger partial charge in [-0.05, 0) is 52.1 Å². The minimum Gasteiger partial charge on any atom is -0.314 e. The van der Waals surface area contributed by atoms with E-state index in [9.17, 15) is 0 Å². The molecule has 0 aliphatic heterocycles. The smallest absolute Gasteiger partial charge is 0.0110 e. The molecule has 2 nitrogen and oxygen atoms in total. The highest BCUT2D eigenvalue weighted by Crippen LogP contribution is 2.25. The van der Waals surface area contributed by atoms with Crippen molar-refractivity contribution in [3.05, 3.63) is 0 Å². The minimum atomic E-state index is 0.699. The maximum absolute atomic E-state index is 3.70. The Labute approximate surface area is 108 Å². The molecule has 1 aliphatic rings. The van der Waals surface area contributed by atoms with Crippen LogP contribution in [0.3, 0.4) is 0 Å². The molecular weight excluding hydrogens is 208 g/mol. The first kappa shape index (κ1) is 15.0. The summed E-state index contributed by atoms with van der Waals surface area (Å²) in [7, 11) is 2.32. The van der Waals surface area contributed by atoms with Crippen LogP contribution in [0.5, 0.6) is 0 Å². The average molecular weight is 240 g/mol. The Morgan fingerprint density at radius 3 is 2.53 bits per heavy atom. The van der Waals surface area contributed by atoms with Gasteiger partial charge in [-0.3, -0.25) is 0 Å². The van der Waals surface area contributed by atoms with E-state index in [1.165, 1.54) is 38.6 Å². The number of hydrogen-bond acceptors (Lipinski definition) is 2. The van der Waals surface area contributed by atoms with Crippen LogP contribution >= 0.6 is 0 Å². The van der Waals surface area contributed by atoms with Gasteiger partial charge in [0, 0.05) is 18.1 Å². The van der Waals surface area contributed by atoms with Crippen LogP contribution in [0, 0.1) is 5.92 Å². The maximum atomic E-state index is 3.70. The van der Waals surface area contributed by atoms with E-state index in [-0.39, 0.29) is 0 Å². The first-order valence-corrected chi connectivity index (χ1v) is 7.51. The van der Waals surface area contributed by atoms with Crippen molar-refractivity contribution in [1.29, 1.82) is 0 Å². The number of rotatable bonds is 6. The predicted octanol–water partition coefficient (Wildman–Crippen LogP) is 3.27. The van der Waals surface area contributed by atoms with Crippen molar-refractivity contribution >= 4 is 0 Å². The summed E-state index contributed by atoms with van der Waals surface area (Å²) in [6.45, 7) is 10.5. The second-order valence-electron chi connectivity index (χ2n) is 6.12. The molecule has 1 rings (SSSR count). The molecule has 102 valence electrons. The van der Waals surface area contributed by atoms with Gasteiger partial charge in [0.25, 0.3) is 0 Å². The summed E-state index contributed by atoms with van der Waals surface area (Å²) in [5.74, 6) is 0.754. The van der Waals surface area contributed by atoms with Crippen molar-refractivity contribution in [3.63, 3.8) is 0 Å². The number of nitrogens with zero attached hydrogens (tertiary/aromatic N) is 1. The predicted molar refractivity (Wildman–Crippen MR) is 76.4 cm³/mol. The van der Waals surface area contributed by atoms with Crippen LogP contribution in [-0.2, 0) is 0 Å². The van der Waals surface area contributed by atoms with Gasteiger partial charge in [-0.2, -0.15) is 0 Å². The Morgan fingerprint density at radius 1 is 1.24 bits per heavy atom. The second kappa shape index (κ2) is 7.38. The van der Waals surface area contributed by atoms with E-state index in [1.54, 1.807) is 0 Å². The van der Waals surface area contributed by atoms with Crippen LogP contribution in [-0.4, -0.2) is 36.6 Å². The molecule has 0 saturated heterocycles. The van der Waals surface area contributed by atoms with Crippen LogP contribution in [0.25, 0.3) is 0 Å². The molecule has 0 bridgehead atoms.